The summed E-state index contributed by atoms with van der Waals surface area (Å²) in [5, 5.41) is 0. The molecule has 1 aromatic rings. The van der Waals surface area contributed by atoms with Crippen LogP contribution >= 0.6 is 0 Å². The third-order valence-electron chi connectivity index (χ3n) is 3.92. The van der Waals surface area contributed by atoms with Gasteiger partial charge in [0, 0.05) is 6.04 Å². The lowest BCUT2D eigenvalue weighted by molar-refractivity contribution is 0.458. The first-order valence-electron chi connectivity index (χ1n) is 7.88. The maximum atomic E-state index is 13.3. The van der Waals surface area contributed by atoms with Gasteiger partial charge < -0.3 is 0 Å². The molecule has 2 nitrogen and oxygen atoms in total. The van der Waals surface area contributed by atoms with Crippen molar-refractivity contribution in [2.45, 2.75) is 71.3 Å². The molecule has 0 aliphatic heterocycles. The van der Waals surface area contributed by atoms with Crippen molar-refractivity contribution in [2.75, 3.05) is 0 Å². The number of hydrogen-bond acceptors (Lipinski definition) is 2. The Balaban J connectivity index is 2.33. The number of hydrazine groups is 1. The van der Waals surface area contributed by atoms with Crippen LogP contribution in [0, 0.1) is 12.7 Å². The van der Waals surface area contributed by atoms with Gasteiger partial charge in [-0.2, -0.15) is 0 Å². The molecule has 0 amide bonds. The summed E-state index contributed by atoms with van der Waals surface area (Å²) >= 11 is 0. The minimum Gasteiger partial charge on any atom is -0.271 e. The van der Waals surface area contributed by atoms with Crippen LogP contribution in [-0.4, -0.2) is 6.04 Å². The van der Waals surface area contributed by atoms with Gasteiger partial charge in [-0.3, -0.25) is 11.3 Å². The Kier molecular flexibility index (Phi) is 8.47. The van der Waals surface area contributed by atoms with Crippen molar-refractivity contribution in [3.63, 3.8) is 0 Å². The second-order valence-electron chi connectivity index (χ2n) is 5.69. The molecule has 0 radical (unpaired) electrons. The van der Waals surface area contributed by atoms with E-state index in [-0.39, 0.29) is 11.9 Å². The molecule has 0 saturated heterocycles. The van der Waals surface area contributed by atoms with E-state index in [0.717, 1.165) is 24.0 Å². The molecule has 0 heterocycles. The Hall–Kier alpha value is -0.930. The lowest BCUT2D eigenvalue weighted by Crippen LogP contribution is -2.36. The molecule has 3 N–H and O–H groups in total. The highest BCUT2D eigenvalue weighted by molar-refractivity contribution is 5.27. The summed E-state index contributed by atoms with van der Waals surface area (Å²) < 4.78 is 13.3. The summed E-state index contributed by atoms with van der Waals surface area (Å²) in [6.07, 6.45) is 9.57. The van der Waals surface area contributed by atoms with E-state index in [1.54, 1.807) is 6.07 Å². The summed E-state index contributed by atoms with van der Waals surface area (Å²) in [5.74, 6) is 5.46. The fourth-order valence-electron chi connectivity index (χ4n) is 2.54. The smallest absolute Gasteiger partial charge is 0.123 e. The van der Waals surface area contributed by atoms with E-state index in [0.29, 0.717) is 0 Å². The van der Waals surface area contributed by atoms with Crippen LogP contribution in [0.25, 0.3) is 0 Å². The molecule has 3 heteroatoms. The van der Waals surface area contributed by atoms with Crippen molar-refractivity contribution in [3.05, 3.63) is 35.1 Å². The van der Waals surface area contributed by atoms with Crippen LogP contribution in [0.5, 0.6) is 0 Å². The summed E-state index contributed by atoms with van der Waals surface area (Å²) in [7, 11) is 0. The number of benzene rings is 1. The monoisotopic (exact) mass is 280 g/mol. The van der Waals surface area contributed by atoms with E-state index in [4.69, 9.17) is 5.84 Å². The normalized spacial score (nSPS) is 12.6. The molecule has 0 aliphatic rings. The van der Waals surface area contributed by atoms with Gasteiger partial charge in [0.1, 0.15) is 5.82 Å². The third kappa shape index (κ3) is 6.49. The zero-order valence-corrected chi connectivity index (χ0v) is 12.9. The van der Waals surface area contributed by atoms with E-state index in [1.807, 2.05) is 13.0 Å². The lowest BCUT2D eigenvalue weighted by Gasteiger charge is -2.17. The van der Waals surface area contributed by atoms with Gasteiger partial charge in [0.25, 0.3) is 0 Å². The molecule has 1 unspecified atom stereocenters. The van der Waals surface area contributed by atoms with E-state index in [9.17, 15) is 4.39 Å². The van der Waals surface area contributed by atoms with Crippen molar-refractivity contribution < 1.29 is 4.39 Å². The van der Waals surface area contributed by atoms with Gasteiger partial charge in [-0.25, -0.2) is 4.39 Å². The van der Waals surface area contributed by atoms with Crippen LogP contribution in [0.15, 0.2) is 18.2 Å². The molecule has 0 saturated carbocycles. The van der Waals surface area contributed by atoms with Crippen molar-refractivity contribution in [3.8, 4) is 0 Å². The first-order valence-corrected chi connectivity index (χ1v) is 7.88. The van der Waals surface area contributed by atoms with E-state index >= 15 is 0 Å². The topological polar surface area (TPSA) is 38.0 Å². The number of unbranched alkanes of at least 4 members (excludes halogenated alkanes) is 5. The molecule has 0 aromatic heterocycles. The second-order valence-corrected chi connectivity index (χ2v) is 5.69. The Morgan fingerprint density at radius 1 is 1.15 bits per heavy atom. The molecule has 20 heavy (non-hydrogen) atoms. The number of hydrogen-bond donors (Lipinski definition) is 2. The van der Waals surface area contributed by atoms with Crippen molar-refractivity contribution >= 4 is 0 Å². The van der Waals surface area contributed by atoms with Crippen LogP contribution in [0.1, 0.15) is 63.0 Å². The van der Waals surface area contributed by atoms with E-state index < -0.39 is 0 Å². The van der Waals surface area contributed by atoms with Crippen molar-refractivity contribution in [1.29, 1.82) is 0 Å². The van der Waals surface area contributed by atoms with Crippen LogP contribution in [-0.2, 0) is 6.42 Å². The zero-order chi connectivity index (χ0) is 14.8. The number of nitrogens with one attached hydrogen (secondary N) is 1. The summed E-state index contributed by atoms with van der Waals surface area (Å²) in [6.45, 7) is 4.25. The quantitative estimate of drug-likeness (QED) is 0.382. The average Bonchev–Trinajstić information content (AvgIpc) is 2.45. The molecule has 0 spiro atoms. The molecular weight excluding hydrogens is 251 g/mol. The predicted molar refractivity (Wildman–Crippen MR) is 83.9 cm³/mol. The molecule has 1 atom stereocenters. The third-order valence-corrected chi connectivity index (χ3v) is 3.92. The Morgan fingerprint density at radius 2 is 1.85 bits per heavy atom. The minimum absolute atomic E-state index is 0.166. The second kappa shape index (κ2) is 9.89. The molecule has 0 fully saturated rings. The van der Waals surface area contributed by atoms with Gasteiger partial charge in [-0.15, -0.1) is 0 Å². The summed E-state index contributed by atoms with van der Waals surface area (Å²) in [5.41, 5.74) is 5.07. The zero-order valence-electron chi connectivity index (χ0n) is 12.9. The van der Waals surface area contributed by atoms with E-state index in [2.05, 4.69) is 12.3 Å². The molecule has 1 aromatic carbocycles. The fourth-order valence-corrected chi connectivity index (χ4v) is 2.54. The number of rotatable bonds is 10. The fraction of sp³-hybridized carbons (Fsp3) is 0.647. The van der Waals surface area contributed by atoms with Crippen molar-refractivity contribution in [2.24, 2.45) is 5.84 Å². The maximum absolute atomic E-state index is 13.3. The average molecular weight is 280 g/mol. The molecule has 0 aliphatic carbocycles. The molecule has 1 rings (SSSR count). The standard InChI is InChI=1S/C17H29FN2/c1-3-4-5-6-7-8-9-17(20-19)13-15-12-16(18)11-10-14(15)2/h10-12,17,20H,3-9,13,19H2,1-2H3. The first-order chi connectivity index (χ1) is 9.67. The van der Waals surface area contributed by atoms with Crippen molar-refractivity contribution in [1.82, 2.24) is 5.43 Å². The van der Waals surface area contributed by atoms with Gasteiger partial charge in [-0.1, -0.05) is 51.5 Å². The summed E-state index contributed by atoms with van der Waals surface area (Å²) in [6, 6.07) is 5.21. The van der Waals surface area contributed by atoms with Crippen LogP contribution in [0.2, 0.25) is 0 Å². The predicted octanol–water partition coefficient (Wildman–Crippen LogP) is 4.26. The number of halogens is 1. The number of aryl methyl sites for hydroxylation is 1. The number of nitrogens with two attached hydrogens (primary N) is 1. The molecule has 0 bridgehead atoms. The SMILES string of the molecule is CCCCCCCCC(Cc1cc(F)ccc1C)NN. The largest absolute Gasteiger partial charge is 0.271 e. The first kappa shape index (κ1) is 17.1. The van der Waals surface area contributed by atoms with Crippen LogP contribution in [0.4, 0.5) is 4.39 Å². The molecular formula is C17H29FN2. The van der Waals surface area contributed by atoms with E-state index in [1.165, 1.54) is 44.6 Å². The Morgan fingerprint density at radius 3 is 2.55 bits per heavy atom. The Labute approximate surface area is 122 Å². The van der Waals surface area contributed by atoms with Gasteiger partial charge in [0.05, 0.1) is 0 Å². The lowest BCUT2D eigenvalue weighted by atomic mass is 9.97. The van der Waals surface area contributed by atoms with Crippen LogP contribution < -0.4 is 11.3 Å². The molecule has 114 valence electrons. The highest BCUT2D eigenvalue weighted by Crippen LogP contribution is 2.15. The van der Waals surface area contributed by atoms with Gasteiger partial charge in [0.15, 0.2) is 0 Å². The highest BCUT2D eigenvalue weighted by atomic mass is 19.1. The van der Waals surface area contributed by atoms with Gasteiger partial charge in [0.2, 0.25) is 0 Å². The minimum atomic E-state index is -0.166. The van der Waals surface area contributed by atoms with Gasteiger partial charge in [-0.05, 0) is 43.0 Å². The highest BCUT2D eigenvalue weighted by Gasteiger charge is 2.10. The Bertz CT molecular complexity index is 379. The maximum Gasteiger partial charge on any atom is 0.123 e. The van der Waals surface area contributed by atoms with Gasteiger partial charge >= 0.3 is 0 Å². The summed E-state index contributed by atoms with van der Waals surface area (Å²) in [4.78, 5) is 0. The van der Waals surface area contributed by atoms with Crippen LogP contribution in [0.3, 0.4) is 0 Å².